The molecule has 7 heteroatoms. The Morgan fingerprint density at radius 1 is 1.48 bits per heavy atom. The average molecular weight is 377 g/mol. The lowest BCUT2D eigenvalue weighted by Crippen LogP contribution is -2.38. The van der Waals surface area contributed by atoms with Gasteiger partial charge in [-0.1, -0.05) is 6.07 Å². The van der Waals surface area contributed by atoms with E-state index in [1.807, 2.05) is 14.0 Å². The summed E-state index contributed by atoms with van der Waals surface area (Å²) in [5, 5.41) is 9.24. The van der Waals surface area contributed by atoms with Gasteiger partial charge in [0.25, 0.3) is 0 Å². The molecular formula is C14H21BrN2O3S. The van der Waals surface area contributed by atoms with Gasteiger partial charge in [-0.25, -0.2) is 13.1 Å². The maximum atomic E-state index is 12.5. The number of hydrogen-bond acceptors (Lipinski definition) is 4. The first-order valence-electron chi connectivity index (χ1n) is 6.95. The summed E-state index contributed by atoms with van der Waals surface area (Å²) in [6.45, 7) is 3.05. The van der Waals surface area contributed by atoms with Crippen molar-refractivity contribution in [3.63, 3.8) is 0 Å². The summed E-state index contributed by atoms with van der Waals surface area (Å²) in [5.74, 6) is 0. The van der Waals surface area contributed by atoms with E-state index in [-0.39, 0.29) is 17.5 Å². The Balaban J connectivity index is 2.21. The molecule has 1 aromatic carbocycles. The fraction of sp³-hybridized carbons (Fsp3) is 0.571. The summed E-state index contributed by atoms with van der Waals surface area (Å²) in [6, 6.07) is 3.53. The molecule has 0 aliphatic carbocycles. The van der Waals surface area contributed by atoms with Gasteiger partial charge in [0.05, 0.1) is 11.5 Å². The molecule has 118 valence electrons. The van der Waals surface area contributed by atoms with Gasteiger partial charge in [-0.3, -0.25) is 0 Å². The Morgan fingerprint density at radius 3 is 2.76 bits per heavy atom. The van der Waals surface area contributed by atoms with Crippen molar-refractivity contribution in [3.8, 4) is 0 Å². The molecule has 0 saturated carbocycles. The molecule has 5 nitrogen and oxygen atoms in total. The second kappa shape index (κ2) is 6.75. The van der Waals surface area contributed by atoms with Crippen LogP contribution in [0.5, 0.6) is 0 Å². The monoisotopic (exact) mass is 376 g/mol. The molecule has 0 amide bonds. The summed E-state index contributed by atoms with van der Waals surface area (Å²) >= 11 is 3.33. The van der Waals surface area contributed by atoms with Gasteiger partial charge in [-0.2, -0.15) is 0 Å². The van der Waals surface area contributed by atoms with Crippen molar-refractivity contribution in [2.24, 2.45) is 0 Å². The topological polar surface area (TPSA) is 69.6 Å². The van der Waals surface area contributed by atoms with Crippen LogP contribution in [0.3, 0.4) is 0 Å². The van der Waals surface area contributed by atoms with Crippen molar-refractivity contribution in [3.05, 3.63) is 27.7 Å². The summed E-state index contributed by atoms with van der Waals surface area (Å²) in [4.78, 5) is 2.36. The van der Waals surface area contributed by atoms with Crippen LogP contribution in [0, 0.1) is 6.92 Å². The zero-order valence-corrected chi connectivity index (χ0v) is 14.7. The number of nitrogens with zero attached hydrogens (tertiary/aromatic N) is 1. The quantitative estimate of drug-likeness (QED) is 0.818. The molecule has 1 atom stereocenters. The van der Waals surface area contributed by atoms with Crippen LogP contribution in [0.25, 0.3) is 0 Å². The second-order valence-electron chi connectivity index (χ2n) is 5.51. The molecule has 1 unspecified atom stereocenters. The standard InChI is InChI=1S/C14H21BrN2O3S/c1-10-6-11(9-18)7-13(14(10)15)21(19,20)16-8-12-4-3-5-17(12)2/h6-7,12,16,18H,3-5,8-9H2,1-2H3. The second-order valence-corrected chi connectivity index (χ2v) is 8.04. The third-order valence-electron chi connectivity index (χ3n) is 3.93. The highest BCUT2D eigenvalue weighted by Gasteiger charge is 2.25. The minimum atomic E-state index is -3.59. The number of likely N-dealkylation sites (tertiary alicyclic amines) is 1. The van der Waals surface area contributed by atoms with Crippen LogP contribution >= 0.6 is 15.9 Å². The molecule has 0 bridgehead atoms. The summed E-state index contributed by atoms with van der Waals surface area (Å²) < 4.78 is 28.2. The van der Waals surface area contributed by atoms with Crippen LogP contribution in [0.15, 0.2) is 21.5 Å². The van der Waals surface area contributed by atoms with Gasteiger partial charge in [0, 0.05) is 17.1 Å². The Morgan fingerprint density at radius 2 is 2.19 bits per heavy atom. The highest BCUT2D eigenvalue weighted by atomic mass is 79.9. The fourth-order valence-electron chi connectivity index (χ4n) is 2.62. The largest absolute Gasteiger partial charge is 0.392 e. The molecule has 21 heavy (non-hydrogen) atoms. The summed E-state index contributed by atoms with van der Waals surface area (Å²) in [6.07, 6.45) is 2.11. The number of aliphatic hydroxyl groups excluding tert-OH is 1. The molecule has 2 rings (SSSR count). The first-order valence-corrected chi connectivity index (χ1v) is 9.22. The lowest BCUT2D eigenvalue weighted by Gasteiger charge is -2.20. The molecule has 0 aromatic heterocycles. The number of rotatable bonds is 5. The Kier molecular flexibility index (Phi) is 5.43. The molecule has 1 aliphatic heterocycles. The van der Waals surface area contributed by atoms with E-state index in [4.69, 9.17) is 0 Å². The van der Waals surface area contributed by atoms with Crippen LogP contribution in [-0.4, -0.2) is 44.6 Å². The van der Waals surface area contributed by atoms with Crippen molar-refractivity contribution in [2.75, 3.05) is 20.1 Å². The van der Waals surface area contributed by atoms with Crippen LogP contribution < -0.4 is 4.72 Å². The maximum absolute atomic E-state index is 12.5. The Bertz CT molecular complexity index is 619. The van der Waals surface area contributed by atoms with E-state index in [9.17, 15) is 13.5 Å². The van der Waals surface area contributed by atoms with Gasteiger partial charge in [-0.15, -0.1) is 0 Å². The highest BCUT2D eigenvalue weighted by molar-refractivity contribution is 9.10. The number of sulfonamides is 1. The van der Waals surface area contributed by atoms with E-state index in [0.717, 1.165) is 24.9 Å². The Hall–Kier alpha value is -0.470. The lowest BCUT2D eigenvalue weighted by atomic mass is 10.1. The molecule has 1 heterocycles. The highest BCUT2D eigenvalue weighted by Crippen LogP contribution is 2.27. The van der Waals surface area contributed by atoms with E-state index >= 15 is 0 Å². The van der Waals surface area contributed by atoms with Gasteiger partial charge >= 0.3 is 0 Å². The van der Waals surface area contributed by atoms with Crippen molar-refractivity contribution in [1.29, 1.82) is 0 Å². The van der Waals surface area contributed by atoms with Crippen molar-refractivity contribution in [1.82, 2.24) is 9.62 Å². The maximum Gasteiger partial charge on any atom is 0.241 e. The third kappa shape index (κ3) is 3.84. The van der Waals surface area contributed by atoms with Crippen LogP contribution in [-0.2, 0) is 16.6 Å². The van der Waals surface area contributed by atoms with E-state index in [2.05, 4.69) is 25.6 Å². The Labute approximate surface area is 134 Å². The predicted molar refractivity (Wildman–Crippen MR) is 85.6 cm³/mol. The van der Waals surface area contributed by atoms with Crippen LogP contribution in [0.2, 0.25) is 0 Å². The lowest BCUT2D eigenvalue weighted by molar-refractivity contribution is 0.281. The predicted octanol–water partition coefficient (Wildman–Crippen LogP) is 1.62. The third-order valence-corrected chi connectivity index (χ3v) is 6.70. The van der Waals surface area contributed by atoms with Crippen molar-refractivity contribution >= 4 is 26.0 Å². The van der Waals surface area contributed by atoms with Gasteiger partial charge < -0.3 is 10.0 Å². The summed E-state index contributed by atoms with van der Waals surface area (Å²) in [7, 11) is -1.58. The van der Waals surface area contributed by atoms with Gasteiger partial charge in [0.1, 0.15) is 0 Å². The molecule has 0 radical (unpaired) electrons. The van der Waals surface area contributed by atoms with Gasteiger partial charge in [0.2, 0.25) is 10.0 Å². The first-order chi connectivity index (χ1) is 9.85. The number of nitrogens with one attached hydrogen (secondary N) is 1. The smallest absolute Gasteiger partial charge is 0.241 e. The normalized spacial score (nSPS) is 20.1. The number of hydrogen-bond donors (Lipinski definition) is 2. The molecule has 1 fully saturated rings. The van der Waals surface area contributed by atoms with Crippen LogP contribution in [0.1, 0.15) is 24.0 Å². The zero-order chi connectivity index (χ0) is 15.6. The van der Waals surface area contributed by atoms with Crippen molar-refractivity contribution < 1.29 is 13.5 Å². The number of likely N-dealkylation sites (N-methyl/N-ethyl adjacent to an activating group) is 1. The molecule has 0 spiro atoms. The van der Waals surface area contributed by atoms with E-state index < -0.39 is 10.0 Å². The number of benzene rings is 1. The number of halogens is 1. The number of aryl methyl sites for hydroxylation is 1. The fourth-order valence-corrected chi connectivity index (χ4v) is 4.76. The minimum absolute atomic E-state index is 0.179. The van der Waals surface area contributed by atoms with E-state index in [0.29, 0.717) is 16.6 Å². The van der Waals surface area contributed by atoms with Gasteiger partial charge in [0.15, 0.2) is 0 Å². The average Bonchev–Trinajstić information content (AvgIpc) is 2.84. The first kappa shape index (κ1) is 16.9. The van der Waals surface area contributed by atoms with Crippen LogP contribution in [0.4, 0.5) is 0 Å². The van der Waals surface area contributed by atoms with Crippen molar-refractivity contribution in [2.45, 2.75) is 37.3 Å². The molecule has 1 aliphatic rings. The minimum Gasteiger partial charge on any atom is -0.392 e. The molecule has 1 saturated heterocycles. The SMILES string of the molecule is Cc1cc(CO)cc(S(=O)(=O)NCC2CCCN2C)c1Br. The number of aliphatic hydroxyl groups is 1. The van der Waals surface area contributed by atoms with Gasteiger partial charge in [-0.05, 0) is 66.5 Å². The summed E-state index contributed by atoms with van der Waals surface area (Å²) in [5.41, 5.74) is 1.38. The van der Waals surface area contributed by atoms with E-state index in [1.165, 1.54) is 6.07 Å². The van der Waals surface area contributed by atoms with E-state index in [1.54, 1.807) is 6.07 Å². The molecule has 2 N–H and O–H groups in total. The molecular weight excluding hydrogens is 356 g/mol. The zero-order valence-electron chi connectivity index (χ0n) is 12.3. The molecule has 1 aromatic rings.